The van der Waals surface area contributed by atoms with Crippen LogP contribution in [-0.4, -0.2) is 15.0 Å². The summed E-state index contributed by atoms with van der Waals surface area (Å²) in [6, 6.07) is 37.0. The van der Waals surface area contributed by atoms with Gasteiger partial charge < -0.3 is 0 Å². The Labute approximate surface area is 216 Å². The molecule has 2 aromatic heterocycles. The fourth-order valence-electron chi connectivity index (χ4n) is 4.63. The molecule has 0 saturated carbocycles. The minimum atomic E-state index is 0.565. The SMILES string of the molecule is Clc1cc2sc3c4ccccc4ccc3c2cc1-c1nc(-c2ccccc2)nc(-c2ccccc2)n1. The molecule has 0 aliphatic heterocycles. The Bertz CT molecular complexity index is 1840. The van der Waals surface area contributed by atoms with Crippen LogP contribution in [0.5, 0.6) is 0 Å². The fourth-order valence-corrected chi connectivity index (χ4v) is 6.20. The summed E-state index contributed by atoms with van der Waals surface area (Å²) in [6.07, 6.45) is 0. The second kappa shape index (κ2) is 8.52. The summed E-state index contributed by atoms with van der Waals surface area (Å²) in [6.45, 7) is 0. The summed E-state index contributed by atoms with van der Waals surface area (Å²) in [5, 5.41) is 5.49. The number of rotatable bonds is 3. The highest BCUT2D eigenvalue weighted by molar-refractivity contribution is 7.26. The van der Waals surface area contributed by atoms with Crippen LogP contribution in [0.4, 0.5) is 0 Å². The van der Waals surface area contributed by atoms with Gasteiger partial charge in [0, 0.05) is 36.9 Å². The molecule has 0 N–H and O–H groups in total. The van der Waals surface area contributed by atoms with Crippen molar-refractivity contribution in [2.75, 3.05) is 0 Å². The molecule has 0 bridgehead atoms. The summed E-state index contributed by atoms with van der Waals surface area (Å²) >= 11 is 8.66. The second-order valence-corrected chi connectivity index (χ2v) is 10.1. The number of hydrogen-bond acceptors (Lipinski definition) is 4. The Hall–Kier alpha value is -4.12. The summed E-state index contributed by atoms with van der Waals surface area (Å²) in [5.41, 5.74) is 2.67. The molecular weight excluding hydrogens is 482 g/mol. The van der Waals surface area contributed by atoms with Crippen LogP contribution in [0.25, 0.3) is 65.1 Å². The number of fused-ring (bicyclic) bond motifs is 5. The summed E-state index contributed by atoms with van der Waals surface area (Å²) in [5.74, 6) is 1.81. The first-order valence-corrected chi connectivity index (χ1v) is 12.8. The second-order valence-electron chi connectivity index (χ2n) is 8.63. The van der Waals surface area contributed by atoms with Crippen LogP contribution in [-0.2, 0) is 0 Å². The van der Waals surface area contributed by atoms with Crippen LogP contribution < -0.4 is 0 Å². The third-order valence-corrected chi connectivity index (χ3v) is 7.91. The lowest BCUT2D eigenvalue weighted by Gasteiger charge is -2.09. The number of thiophene rings is 1. The van der Waals surface area contributed by atoms with E-state index >= 15 is 0 Å². The molecule has 7 rings (SSSR count). The fraction of sp³-hybridized carbons (Fsp3) is 0. The number of hydrogen-bond donors (Lipinski definition) is 0. The molecule has 3 nitrogen and oxygen atoms in total. The molecule has 0 aliphatic rings. The van der Waals surface area contributed by atoms with Gasteiger partial charge >= 0.3 is 0 Å². The lowest BCUT2D eigenvalue weighted by molar-refractivity contribution is 1.07. The molecule has 0 aliphatic carbocycles. The average molecular weight is 500 g/mol. The van der Waals surface area contributed by atoms with Gasteiger partial charge in [0.25, 0.3) is 0 Å². The molecule has 5 aromatic carbocycles. The Morgan fingerprint density at radius 1 is 0.528 bits per heavy atom. The van der Waals surface area contributed by atoms with E-state index in [2.05, 4.69) is 42.5 Å². The van der Waals surface area contributed by atoms with Crippen LogP contribution in [0, 0.1) is 0 Å². The summed E-state index contributed by atoms with van der Waals surface area (Å²) in [7, 11) is 0. The topological polar surface area (TPSA) is 38.7 Å². The van der Waals surface area contributed by atoms with E-state index in [0.29, 0.717) is 22.5 Å². The van der Waals surface area contributed by atoms with E-state index in [9.17, 15) is 0 Å². The first-order valence-electron chi connectivity index (χ1n) is 11.7. The van der Waals surface area contributed by atoms with Gasteiger partial charge in [-0.2, -0.15) is 0 Å². The Morgan fingerprint density at radius 2 is 1.14 bits per heavy atom. The van der Waals surface area contributed by atoms with Gasteiger partial charge in [-0.15, -0.1) is 11.3 Å². The Balaban J connectivity index is 1.49. The van der Waals surface area contributed by atoms with Gasteiger partial charge in [0.15, 0.2) is 17.5 Å². The quantitative estimate of drug-likeness (QED) is 0.243. The van der Waals surface area contributed by atoms with Crippen molar-refractivity contribution in [3.63, 3.8) is 0 Å². The number of benzene rings is 5. The van der Waals surface area contributed by atoms with E-state index in [-0.39, 0.29) is 0 Å². The maximum Gasteiger partial charge on any atom is 0.165 e. The van der Waals surface area contributed by atoms with Crippen molar-refractivity contribution in [2.24, 2.45) is 0 Å². The molecule has 0 atom stereocenters. The highest BCUT2D eigenvalue weighted by atomic mass is 35.5. The minimum absolute atomic E-state index is 0.565. The standard InChI is InChI=1S/C31H18ClN3S/c32-26-18-27-24(23-16-15-19-9-7-8-14-22(19)28(23)36-27)17-25(26)31-34-29(20-10-3-1-4-11-20)33-30(35-31)21-12-5-2-6-13-21/h1-18H. The molecule has 5 heteroatoms. The zero-order valence-corrected chi connectivity index (χ0v) is 20.6. The van der Waals surface area contributed by atoms with Crippen LogP contribution in [0.1, 0.15) is 0 Å². The highest BCUT2D eigenvalue weighted by Gasteiger charge is 2.17. The van der Waals surface area contributed by atoms with Gasteiger partial charge in [0.05, 0.1) is 5.02 Å². The van der Waals surface area contributed by atoms with E-state index in [1.165, 1.54) is 20.9 Å². The number of nitrogens with zero attached hydrogens (tertiary/aromatic N) is 3. The van der Waals surface area contributed by atoms with Crippen LogP contribution in [0.15, 0.2) is 109 Å². The van der Waals surface area contributed by atoms with Gasteiger partial charge in [-0.05, 0) is 22.9 Å². The van der Waals surface area contributed by atoms with Gasteiger partial charge in [-0.3, -0.25) is 0 Å². The van der Waals surface area contributed by atoms with Crippen molar-refractivity contribution in [2.45, 2.75) is 0 Å². The molecule has 0 spiro atoms. The molecule has 170 valence electrons. The molecule has 7 aromatic rings. The molecule has 0 fully saturated rings. The van der Waals surface area contributed by atoms with Gasteiger partial charge in [-0.1, -0.05) is 109 Å². The van der Waals surface area contributed by atoms with E-state index in [1.54, 1.807) is 11.3 Å². The number of aromatic nitrogens is 3. The van der Waals surface area contributed by atoms with Crippen LogP contribution in [0.2, 0.25) is 5.02 Å². The zero-order chi connectivity index (χ0) is 24.1. The van der Waals surface area contributed by atoms with Crippen molar-refractivity contribution >= 4 is 53.9 Å². The van der Waals surface area contributed by atoms with Crippen molar-refractivity contribution in [3.05, 3.63) is 114 Å². The molecule has 36 heavy (non-hydrogen) atoms. The lowest BCUT2D eigenvalue weighted by Crippen LogP contribution is -2.00. The third kappa shape index (κ3) is 3.54. The first kappa shape index (κ1) is 21.2. The molecule has 0 radical (unpaired) electrons. The molecule has 0 saturated heterocycles. The van der Waals surface area contributed by atoms with Crippen molar-refractivity contribution in [1.82, 2.24) is 15.0 Å². The van der Waals surface area contributed by atoms with E-state index in [1.807, 2.05) is 66.7 Å². The van der Waals surface area contributed by atoms with Crippen molar-refractivity contribution in [1.29, 1.82) is 0 Å². The lowest BCUT2D eigenvalue weighted by atomic mass is 10.0. The van der Waals surface area contributed by atoms with Crippen molar-refractivity contribution < 1.29 is 0 Å². The smallest absolute Gasteiger partial charge is 0.165 e. The van der Waals surface area contributed by atoms with Gasteiger partial charge in [-0.25, -0.2) is 15.0 Å². The molecule has 0 unspecified atom stereocenters. The Kier molecular flexibility index (Phi) is 5.01. The predicted octanol–water partition coefficient (Wildman–Crippen LogP) is 9.05. The zero-order valence-electron chi connectivity index (χ0n) is 19.0. The monoisotopic (exact) mass is 499 g/mol. The van der Waals surface area contributed by atoms with Crippen molar-refractivity contribution in [3.8, 4) is 34.2 Å². The maximum absolute atomic E-state index is 6.89. The van der Waals surface area contributed by atoms with Crippen LogP contribution >= 0.6 is 22.9 Å². The Morgan fingerprint density at radius 3 is 1.83 bits per heavy atom. The normalized spacial score (nSPS) is 11.5. The van der Waals surface area contributed by atoms with E-state index in [4.69, 9.17) is 26.6 Å². The minimum Gasteiger partial charge on any atom is -0.208 e. The maximum atomic E-state index is 6.89. The predicted molar refractivity (Wildman–Crippen MR) is 152 cm³/mol. The molecule has 2 heterocycles. The largest absolute Gasteiger partial charge is 0.208 e. The number of halogens is 1. The summed E-state index contributed by atoms with van der Waals surface area (Å²) in [4.78, 5) is 14.6. The van der Waals surface area contributed by atoms with Gasteiger partial charge in [0.2, 0.25) is 0 Å². The summed E-state index contributed by atoms with van der Waals surface area (Å²) < 4.78 is 2.41. The molecular formula is C31H18ClN3S. The first-order chi connectivity index (χ1) is 17.7. The van der Waals surface area contributed by atoms with E-state index < -0.39 is 0 Å². The van der Waals surface area contributed by atoms with E-state index in [0.717, 1.165) is 26.8 Å². The highest BCUT2D eigenvalue weighted by Crippen LogP contribution is 2.42. The average Bonchev–Trinajstić information content (AvgIpc) is 3.31. The third-order valence-electron chi connectivity index (χ3n) is 6.39. The molecule has 0 amide bonds. The van der Waals surface area contributed by atoms with Crippen LogP contribution in [0.3, 0.4) is 0 Å². The van der Waals surface area contributed by atoms with Gasteiger partial charge in [0.1, 0.15) is 0 Å².